The summed E-state index contributed by atoms with van der Waals surface area (Å²) >= 11 is 0. The number of nitrogens with zero attached hydrogens (tertiary/aromatic N) is 4. The molecule has 13 heteroatoms. The van der Waals surface area contributed by atoms with Crippen molar-refractivity contribution in [2.24, 2.45) is 5.92 Å². The quantitative estimate of drug-likeness (QED) is 0.431. The number of nitrogens with one attached hydrogen (secondary N) is 2. The van der Waals surface area contributed by atoms with E-state index < -0.39 is 18.8 Å². The predicted molar refractivity (Wildman–Crippen MR) is 157 cm³/mol. The van der Waals surface area contributed by atoms with Gasteiger partial charge in [0.25, 0.3) is 5.91 Å². The van der Waals surface area contributed by atoms with Crippen LogP contribution in [0.2, 0.25) is 0 Å². The molecule has 2 aromatic carbocycles. The van der Waals surface area contributed by atoms with Crippen LogP contribution in [-0.2, 0) is 17.8 Å². The maximum Gasteiger partial charge on any atom is 0.422 e. The number of hydrogen-bond donors (Lipinski definition) is 2. The maximum absolute atomic E-state index is 12.8. The van der Waals surface area contributed by atoms with Crippen molar-refractivity contribution in [1.82, 2.24) is 25.2 Å². The molecular formula is C31H37F3N6O4. The molecule has 0 saturated heterocycles. The second-order valence-corrected chi connectivity index (χ2v) is 10.9. The van der Waals surface area contributed by atoms with Crippen LogP contribution in [0.25, 0.3) is 0 Å². The van der Waals surface area contributed by atoms with Gasteiger partial charge in [-0.15, -0.1) is 0 Å². The molecule has 3 aromatic rings. The minimum absolute atomic E-state index is 0.0594. The van der Waals surface area contributed by atoms with Gasteiger partial charge in [0.15, 0.2) is 6.61 Å². The third-order valence-electron chi connectivity index (χ3n) is 6.68. The van der Waals surface area contributed by atoms with Crippen LogP contribution >= 0.6 is 0 Å². The summed E-state index contributed by atoms with van der Waals surface area (Å²) in [5.41, 5.74) is 2.07. The first-order chi connectivity index (χ1) is 21.0. The van der Waals surface area contributed by atoms with Crippen molar-refractivity contribution >= 4 is 17.8 Å². The lowest BCUT2D eigenvalue weighted by Crippen LogP contribution is -2.36. The molecule has 5 heterocycles. The summed E-state index contributed by atoms with van der Waals surface area (Å²) in [6.45, 7) is 4.55. The number of amides is 2. The number of rotatable bonds is 4. The Labute approximate surface area is 254 Å². The van der Waals surface area contributed by atoms with Crippen molar-refractivity contribution < 1.29 is 32.2 Å². The molecule has 0 saturated carbocycles. The minimum Gasteiger partial charge on any atom is -0.492 e. The molecule has 236 valence electrons. The lowest BCUT2D eigenvalue weighted by molar-refractivity contribution is -0.154. The molecule has 0 unspecified atom stereocenters. The number of carbonyl (C=O) groups is 2. The van der Waals surface area contributed by atoms with Crippen molar-refractivity contribution in [3.05, 3.63) is 71.0 Å². The molecule has 1 aromatic heterocycles. The summed E-state index contributed by atoms with van der Waals surface area (Å²) in [6.07, 6.45) is -2.49. The van der Waals surface area contributed by atoms with Crippen LogP contribution in [0.3, 0.4) is 0 Å². The molecule has 4 aliphatic rings. The molecule has 2 N–H and O–H groups in total. The highest BCUT2D eigenvalue weighted by molar-refractivity contribution is 5.94. The molecule has 0 spiro atoms. The van der Waals surface area contributed by atoms with Crippen LogP contribution in [0.1, 0.15) is 60.4 Å². The molecule has 0 fully saturated rings. The Morgan fingerprint density at radius 3 is 2.41 bits per heavy atom. The van der Waals surface area contributed by atoms with Gasteiger partial charge in [0, 0.05) is 38.0 Å². The second-order valence-electron chi connectivity index (χ2n) is 10.9. The SMILES string of the molecule is CC(C)CC(=O)N1CCCCNC(=O)c2ccc(cc2)Cc2nc(nc(OCC(F)(F)F)n2)NCc2ccc(cc2)OCC1. The molecule has 0 aliphatic carbocycles. The second kappa shape index (κ2) is 15.3. The van der Waals surface area contributed by atoms with E-state index in [4.69, 9.17) is 9.47 Å². The van der Waals surface area contributed by atoms with E-state index in [-0.39, 0.29) is 42.5 Å². The third kappa shape index (κ3) is 10.7. The monoisotopic (exact) mass is 614 g/mol. The summed E-state index contributed by atoms with van der Waals surface area (Å²) in [5.74, 6) is 0.982. The molecule has 0 atom stereocenters. The molecule has 44 heavy (non-hydrogen) atoms. The Morgan fingerprint density at radius 2 is 1.70 bits per heavy atom. The fourth-order valence-electron chi connectivity index (χ4n) is 4.45. The molecule has 10 nitrogen and oxygen atoms in total. The lowest BCUT2D eigenvalue weighted by atomic mass is 10.1. The lowest BCUT2D eigenvalue weighted by Gasteiger charge is -2.24. The topological polar surface area (TPSA) is 119 Å². The standard InChI is InChI=1S/C31H37F3N6O4/c1-21(2)17-27(41)40-14-4-3-13-35-28(42)24-9-5-22(6-10-24)18-26-37-29(39-30(38-26)44-20-31(32,33)34)36-19-23-7-11-25(12-8-23)43-16-15-40/h5-12,21H,3-4,13-20H2,1-2H3,(H,35,42)(H,36,37,38,39). The predicted octanol–water partition coefficient (Wildman–Crippen LogP) is 4.79. The highest BCUT2D eigenvalue weighted by atomic mass is 19.4. The highest BCUT2D eigenvalue weighted by Gasteiger charge is 2.29. The van der Waals surface area contributed by atoms with Crippen LogP contribution in [-0.4, -0.2) is 70.7 Å². The van der Waals surface area contributed by atoms with E-state index in [9.17, 15) is 22.8 Å². The van der Waals surface area contributed by atoms with Crippen molar-refractivity contribution in [2.45, 2.75) is 52.3 Å². The van der Waals surface area contributed by atoms with Gasteiger partial charge in [0.05, 0.1) is 6.54 Å². The first-order valence-corrected chi connectivity index (χ1v) is 14.6. The summed E-state index contributed by atoms with van der Waals surface area (Å²) in [5, 5.41) is 5.93. The van der Waals surface area contributed by atoms with Crippen LogP contribution < -0.4 is 20.1 Å². The van der Waals surface area contributed by atoms with Crippen LogP contribution in [0.4, 0.5) is 19.1 Å². The number of ether oxygens (including phenoxy) is 2. The Bertz CT molecular complexity index is 1380. The van der Waals surface area contributed by atoms with Crippen LogP contribution in [0, 0.1) is 5.92 Å². The van der Waals surface area contributed by atoms with Crippen molar-refractivity contribution in [1.29, 1.82) is 0 Å². The molecule has 2 amide bonds. The average Bonchev–Trinajstić information content (AvgIpc) is 2.97. The van der Waals surface area contributed by atoms with Gasteiger partial charge in [-0.25, -0.2) is 0 Å². The first kappa shape index (κ1) is 32.5. The largest absolute Gasteiger partial charge is 0.492 e. The molecule has 7 rings (SSSR count). The van der Waals surface area contributed by atoms with Crippen LogP contribution in [0.15, 0.2) is 48.5 Å². The maximum atomic E-state index is 12.8. The molecule has 4 aliphatic heterocycles. The van der Waals surface area contributed by atoms with Gasteiger partial charge in [-0.2, -0.15) is 28.1 Å². The Hall–Kier alpha value is -4.42. The van der Waals surface area contributed by atoms with Gasteiger partial charge in [-0.05, 0) is 54.2 Å². The number of halogens is 3. The fraction of sp³-hybridized carbons (Fsp3) is 0.452. The van der Waals surface area contributed by atoms with E-state index in [1.54, 1.807) is 36.4 Å². The van der Waals surface area contributed by atoms with Gasteiger partial charge < -0.3 is 25.0 Å². The third-order valence-corrected chi connectivity index (χ3v) is 6.68. The number of anilines is 1. The highest BCUT2D eigenvalue weighted by Crippen LogP contribution is 2.19. The first-order valence-electron chi connectivity index (χ1n) is 14.6. The van der Waals surface area contributed by atoms with Crippen molar-refractivity contribution in [2.75, 3.05) is 38.2 Å². The zero-order chi connectivity index (χ0) is 31.5. The van der Waals surface area contributed by atoms with E-state index in [1.165, 1.54) is 0 Å². The summed E-state index contributed by atoms with van der Waals surface area (Å²) in [7, 11) is 0. The fourth-order valence-corrected chi connectivity index (χ4v) is 4.45. The van der Waals surface area contributed by atoms with E-state index >= 15 is 0 Å². The van der Waals surface area contributed by atoms with Gasteiger partial charge >= 0.3 is 12.2 Å². The zero-order valence-corrected chi connectivity index (χ0v) is 24.8. The Morgan fingerprint density at radius 1 is 0.977 bits per heavy atom. The van der Waals surface area contributed by atoms with E-state index in [0.717, 1.165) is 17.5 Å². The summed E-state index contributed by atoms with van der Waals surface area (Å²) < 4.78 is 49.1. The number of carbonyl (C=O) groups excluding carboxylic acids is 2. The minimum atomic E-state index is -4.55. The number of hydrogen-bond acceptors (Lipinski definition) is 8. The van der Waals surface area contributed by atoms with Crippen molar-refractivity contribution in [3.63, 3.8) is 0 Å². The van der Waals surface area contributed by atoms with Gasteiger partial charge in [0.2, 0.25) is 11.9 Å². The van der Waals surface area contributed by atoms with E-state index in [1.807, 2.05) is 30.9 Å². The molecular weight excluding hydrogens is 577 g/mol. The van der Waals surface area contributed by atoms with Gasteiger partial charge in [0.1, 0.15) is 18.2 Å². The number of benzene rings is 2. The smallest absolute Gasteiger partial charge is 0.422 e. The molecule has 6 bridgehead atoms. The van der Waals surface area contributed by atoms with Crippen LogP contribution in [0.5, 0.6) is 11.8 Å². The summed E-state index contributed by atoms with van der Waals surface area (Å²) in [4.78, 5) is 39.8. The van der Waals surface area contributed by atoms with E-state index in [2.05, 4.69) is 25.6 Å². The van der Waals surface area contributed by atoms with Gasteiger partial charge in [-0.3, -0.25) is 9.59 Å². The summed E-state index contributed by atoms with van der Waals surface area (Å²) in [6, 6.07) is 13.7. The van der Waals surface area contributed by atoms with E-state index in [0.29, 0.717) is 50.4 Å². The number of aromatic nitrogens is 3. The zero-order valence-electron chi connectivity index (χ0n) is 24.8. The average molecular weight is 615 g/mol. The molecule has 0 radical (unpaired) electrons. The Balaban J connectivity index is 1.54. The van der Waals surface area contributed by atoms with Crippen molar-refractivity contribution in [3.8, 4) is 11.8 Å². The number of alkyl halides is 3. The normalized spacial score (nSPS) is 15.2. The van der Waals surface area contributed by atoms with Gasteiger partial charge in [-0.1, -0.05) is 38.1 Å². The Kier molecular flexibility index (Phi) is 11.3.